The zero-order valence-corrected chi connectivity index (χ0v) is 10.5. The molecule has 0 aliphatic carbocycles. The molecule has 0 aliphatic rings. The van der Waals surface area contributed by atoms with Gasteiger partial charge in [-0.3, -0.25) is 0 Å². The van der Waals surface area contributed by atoms with E-state index >= 15 is 0 Å². The van der Waals surface area contributed by atoms with Crippen LogP contribution in [0.25, 0.3) is 0 Å². The molecule has 0 bridgehead atoms. The van der Waals surface area contributed by atoms with Crippen molar-refractivity contribution in [3.63, 3.8) is 0 Å². The third-order valence-corrected chi connectivity index (χ3v) is 3.13. The van der Waals surface area contributed by atoms with Crippen LogP contribution in [0.2, 0.25) is 0 Å². The van der Waals surface area contributed by atoms with Gasteiger partial charge in [-0.1, -0.05) is 6.08 Å². The molecule has 5 heteroatoms. The van der Waals surface area contributed by atoms with Crippen LogP contribution >= 0.6 is 11.3 Å². The van der Waals surface area contributed by atoms with Crippen molar-refractivity contribution >= 4 is 17.3 Å². The van der Waals surface area contributed by atoms with Gasteiger partial charge in [0.05, 0.1) is 13.2 Å². The number of carboxylic acids is 1. The Morgan fingerprint density at radius 2 is 2.35 bits per heavy atom. The summed E-state index contributed by atoms with van der Waals surface area (Å²) in [5.74, 6) is -0.867. The first-order valence-corrected chi connectivity index (χ1v) is 6.27. The Bertz CT molecular complexity index is 362. The van der Waals surface area contributed by atoms with E-state index < -0.39 is 5.97 Å². The van der Waals surface area contributed by atoms with Gasteiger partial charge in [0.1, 0.15) is 4.88 Å². The maximum Gasteiger partial charge on any atom is 0.345 e. The van der Waals surface area contributed by atoms with Crippen molar-refractivity contribution in [3.8, 4) is 0 Å². The Morgan fingerprint density at radius 1 is 1.53 bits per heavy atom. The summed E-state index contributed by atoms with van der Waals surface area (Å²) in [5, 5.41) is 11.9. The second kappa shape index (κ2) is 8.00. The summed E-state index contributed by atoms with van der Waals surface area (Å²) in [6, 6.07) is 3.46. The third-order valence-electron chi connectivity index (χ3n) is 2.06. The van der Waals surface area contributed by atoms with Crippen molar-refractivity contribution in [2.75, 3.05) is 19.8 Å². The molecule has 0 aromatic carbocycles. The Balaban J connectivity index is 2.09. The molecule has 2 N–H and O–H groups in total. The lowest BCUT2D eigenvalue weighted by Crippen LogP contribution is -2.18. The molecule has 0 amide bonds. The molecule has 0 spiro atoms. The van der Waals surface area contributed by atoms with Crippen LogP contribution in [-0.2, 0) is 11.3 Å². The highest BCUT2D eigenvalue weighted by molar-refractivity contribution is 7.13. The molecular weight excluding hydrogens is 238 g/mol. The smallest absolute Gasteiger partial charge is 0.345 e. The molecule has 1 heterocycles. The Labute approximate surface area is 105 Å². The molecule has 0 radical (unpaired) electrons. The summed E-state index contributed by atoms with van der Waals surface area (Å²) in [6.45, 7) is 6.41. The number of hydrogen-bond donors (Lipinski definition) is 2. The molecule has 1 aromatic heterocycles. The van der Waals surface area contributed by atoms with Crippen LogP contribution in [0.1, 0.15) is 21.0 Å². The Hall–Kier alpha value is -1.17. The molecule has 0 saturated carbocycles. The highest BCUT2D eigenvalue weighted by Gasteiger charge is 2.05. The lowest BCUT2D eigenvalue weighted by Gasteiger charge is -2.03. The van der Waals surface area contributed by atoms with Gasteiger partial charge in [0, 0.05) is 18.0 Å². The number of aromatic carboxylic acids is 1. The van der Waals surface area contributed by atoms with Crippen LogP contribution < -0.4 is 5.32 Å². The minimum absolute atomic E-state index is 0.379. The minimum Gasteiger partial charge on any atom is -0.477 e. The SMILES string of the molecule is C=CCCOCCNCc1ccc(C(=O)O)s1. The van der Waals surface area contributed by atoms with Crippen LogP contribution in [0.4, 0.5) is 0 Å². The summed E-state index contributed by atoms with van der Waals surface area (Å²) in [4.78, 5) is 12.1. The summed E-state index contributed by atoms with van der Waals surface area (Å²) >= 11 is 1.30. The van der Waals surface area contributed by atoms with Crippen molar-refractivity contribution in [2.24, 2.45) is 0 Å². The van der Waals surface area contributed by atoms with E-state index in [1.54, 1.807) is 6.07 Å². The summed E-state index contributed by atoms with van der Waals surface area (Å²) < 4.78 is 5.33. The average Bonchev–Trinajstić information content (AvgIpc) is 2.77. The van der Waals surface area contributed by atoms with E-state index in [9.17, 15) is 4.79 Å². The van der Waals surface area contributed by atoms with Crippen molar-refractivity contribution in [2.45, 2.75) is 13.0 Å². The third kappa shape index (κ3) is 5.63. The molecule has 17 heavy (non-hydrogen) atoms. The quantitative estimate of drug-likeness (QED) is 0.524. The minimum atomic E-state index is -0.867. The molecule has 0 fully saturated rings. The number of thiophene rings is 1. The second-order valence-corrected chi connectivity index (χ2v) is 4.61. The predicted molar refractivity (Wildman–Crippen MR) is 68.6 cm³/mol. The number of carbonyl (C=O) groups is 1. The molecule has 4 nitrogen and oxygen atoms in total. The van der Waals surface area contributed by atoms with Gasteiger partial charge < -0.3 is 15.2 Å². The highest BCUT2D eigenvalue weighted by atomic mass is 32.1. The van der Waals surface area contributed by atoms with Crippen molar-refractivity contribution in [1.82, 2.24) is 5.32 Å². The van der Waals surface area contributed by atoms with Gasteiger partial charge in [-0.2, -0.15) is 0 Å². The van der Waals surface area contributed by atoms with Gasteiger partial charge in [0.2, 0.25) is 0 Å². The van der Waals surface area contributed by atoms with E-state index in [1.165, 1.54) is 11.3 Å². The maximum absolute atomic E-state index is 10.7. The van der Waals surface area contributed by atoms with Gasteiger partial charge in [-0.15, -0.1) is 17.9 Å². The summed E-state index contributed by atoms with van der Waals surface area (Å²) in [5.41, 5.74) is 0. The summed E-state index contributed by atoms with van der Waals surface area (Å²) in [6.07, 6.45) is 2.69. The molecule has 0 saturated heterocycles. The van der Waals surface area contributed by atoms with Gasteiger partial charge in [0.15, 0.2) is 0 Å². The van der Waals surface area contributed by atoms with E-state index in [4.69, 9.17) is 9.84 Å². The fraction of sp³-hybridized carbons (Fsp3) is 0.417. The molecule has 0 atom stereocenters. The molecule has 94 valence electrons. The zero-order chi connectivity index (χ0) is 12.5. The fourth-order valence-corrected chi connectivity index (χ4v) is 2.03. The monoisotopic (exact) mass is 255 g/mol. The van der Waals surface area contributed by atoms with E-state index in [0.717, 1.165) is 17.8 Å². The van der Waals surface area contributed by atoms with Gasteiger partial charge in [-0.25, -0.2) is 4.79 Å². The van der Waals surface area contributed by atoms with Crippen molar-refractivity contribution < 1.29 is 14.6 Å². The van der Waals surface area contributed by atoms with Gasteiger partial charge >= 0.3 is 5.97 Å². The highest BCUT2D eigenvalue weighted by Crippen LogP contribution is 2.15. The van der Waals surface area contributed by atoms with Crippen molar-refractivity contribution in [1.29, 1.82) is 0 Å². The second-order valence-electron chi connectivity index (χ2n) is 3.44. The Morgan fingerprint density at radius 3 is 3.00 bits per heavy atom. The maximum atomic E-state index is 10.7. The first kappa shape index (κ1) is 13.9. The van der Waals surface area contributed by atoms with E-state index in [0.29, 0.717) is 24.6 Å². The standard InChI is InChI=1S/C12H17NO3S/c1-2-3-7-16-8-6-13-9-10-4-5-11(17-10)12(14)15/h2,4-5,13H,1,3,6-9H2,(H,14,15). The predicted octanol–water partition coefficient (Wildman–Crippen LogP) is 2.13. The molecule has 1 aromatic rings. The lowest BCUT2D eigenvalue weighted by molar-refractivity contribution is 0.0702. The number of rotatable bonds is 9. The van der Waals surface area contributed by atoms with E-state index in [-0.39, 0.29) is 0 Å². The van der Waals surface area contributed by atoms with Crippen LogP contribution in [0.5, 0.6) is 0 Å². The van der Waals surface area contributed by atoms with E-state index in [1.807, 2.05) is 12.1 Å². The van der Waals surface area contributed by atoms with Crippen LogP contribution in [0.15, 0.2) is 24.8 Å². The number of ether oxygens (including phenoxy) is 1. The molecular formula is C12H17NO3S. The fourth-order valence-electron chi connectivity index (χ4n) is 1.21. The lowest BCUT2D eigenvalue weighted by atomic mass is 10.4. The number of hydrogen-bond acceptors (Lipinski definition) is 4. The van der Waals surface area contributed by atoms with Crippen LogP contribution in [-0.4, -0.2) is 30.8 Å². The van der Waals surface area contributed by atoms with Gasteiger partial charge in [0.25, 0.3) is 0 Å². The average molecular weight is 255 g/mol. The summed E-state index contributed by atoms with van der Waals surface area (Å²) in [7, 11) is 0. The number of nitrogens with one attached hydrogen (secondary N) is 1. The number of carboxylic acid groups (broad SMARTS) is 1. The van der Waals surface area contributed by atoms with E-state index in [2.05, 4.69) is 11.9 Å². The molecule has 0 aliphatic heterocycles. The van der Waals surface area contributed by atoms with Crippen molar-refractivity contribution in [3.05, 3.63) is 34.5 Å². The van der Waals surface area contributed by atoms with Gasteiger partial charge in [-0.05, 0) is 18.6 Å². The molecule has 1 rings (SSSR count). The normalized spacial score (nSPS) is 10.4. The first-order chi connectivity index (χ1) is 8.24. The van der Waals surface area contributed by atoms with Crippen LogP contribution in [0, 0.1) is 0 Å². The molecule has 0 unspecified atom stereocenters. The topological polar surface area (TPSA) is 58.6 Å². The zero-order valence-electron chi connectivity index (χ0n) is 9.65. The Kier molecular flexibility index (Phi) is 6.54. The first-order valence-electron chi connectivity index (χ1n) is 5.45. The largest absolute Gasteiger partial charge is 0.477 e. The van der Waals surface area contributed by atoms with Crippen LogP contribution in [0.3, 0.4) is 0 Å².